The van der Waals surface area contributed by atoms with E-state index in [0.29, 0.717) is 6.61 Å². The first-order chi connectivity index (χ1) is 9.92. The Bertz CT molecular complexity index is 398. The number of hydrogen-bond donors (Lipinski definition) is 2. The Balaban J connectivity index is 2.67. The predicted octanol–water partition coefficient (Wildman–Crippen LogP) is 2.91. The van der Waals surface area contributed by atoms with Crippen molar-refractivity contribution in [2.75, 3.05) is 13.7 Å². The van der Waals surface area contributed by atoms with Crippen LogP contribution in [0.5, 0.6) is 5.75 Å². The number of hydrogen-bond acceptors (Lipinski definition) is 4. The van der Waals surface area contributed by atoms with E-state index in [2.05, 4.69) is 38.3 Å². The van der Waals surface area contributed by atoms with Crippen LogP contribution >= 0.6 is 0 Å². The van der Waals surface area contributed by atoms with E-state index in [1.807, 2.05) is 19.1 Å². The van der Waals surface area contributed by atoms with Gasteiger partial charge in [-0.1, -0.05) is 32.9 Å². The molecule has 0 heterocycles. The van der Waals surface area contributed by atoms with Gasteiger partial charge in [0.2, 0.25) is 0 Å². The molecular weight excluding hydrogens is 264 g/mol. The Morgan fingerprint density at radius 1 is 1.19 bits per heavy atom. The third kappa shape index (κ3) is 5.65. The molecule has 0 radical (unpaired) electrons. The molecule has 0 saturated heterocycles. The van der Waals surface area contributed by atoms with Gasteiger partial charge < -0.3 is 9.47 Å². The average Bonchev–Trinajstić information content (AvgIpc) is 2.46. The van der Waals surface area contributed by atoms with Crippen LogP contribution in [0.2, 0.25) is 0 Å². The Labute approximate surface area is 129 Å². The maximum Gasteiger partial charge on any atom is 0.118 e. The lowest BCUT2D eigenvalue weighted by Gasteiger charge is -2.36. The van der Waals surface area contributed by atoms with E-state index in [1.54, 1.807) is 7.11 Å². The zero-order chi connectivity index (χ0) is 15.9. The van der Waals surface area contributed by atoms with Crippen molar-refractivity contribution in [1.29, 1.82) is 0 Å². The summed E-state index contributed by atoms with van der Waals surface area (Å²) in [5, 5.41) is 0. The van der Waals surface area contributed by atoms with Gasteiger partial charge in [0, 0.05) is 12.6 Å². The molecule has 4 nitrogen and oxygen atoms in total. The molecule has 0 amide bonds. The summed E-state index contributed by atoms with van der Waals surface area (Å²) in [5.74, 6) is 6.64. The van der Waals surface area contributed by atoms with Crippen LogP contribution < -0.4 is 16.0 Å². The number of benzene rings is 1. The molecule has 0 fully saturated rings. The Hall–Kier alpha value is -1.10. The summed E-state index contributed by atoms with van der Waals surface area (Å²) in [5.41, 5.74) is 4.26. The lowest BCUT2D eigenvalue weighted by atomic mass is 9.82. The van der Waals surface area contributed by atoms with Gasteiger partial charge in [0.05, 0.1) is 13.2 Å². The number of hydrazine groups is 1. The summed E-state index contributed by atoms with van der Waals surface area (Å²) in [4.78, 5) is 0. The Morgan fingerprint density at radius 3 is 2.24 bits per heavy atom. The van der Waals surface area contributed by atoms with Crippen molar-refractivity contribution in [2.24, 2.45) is 11.3 Å². The summed E-state index contributed by atoms with van der Waals surface area (Å²) in [7, 11) is 1.68. The minimum Gasteiger partial charge on any atom is -0.497 e. The van der Waals surface area contributed by atoms with Crippen LogP contribution in [0, 0.1) is 5.41 Å². The zero-order valence-electron chi connectivity index (χ0n) is 14.0. The fraction of sp³-hybridized carbons (Fsp3) is 0.647. The minimum absolute atomic E-state index is 0.0486. The van der Waals surface area contributed by atoms with Gasteiger partial charge in [-0.15, -0.1) is 0 Å². The van der Waals surface area contributed by atoms with Crippen LogP contribution in [0.3, 0.4) is 0 Å². The maximum absolute atomic E-state index is 5.92. The van der Waals surface area contributed by atoms with Crippen molar-refractivity contribution in [3.8, 4) is 5.75 Å². The van der Waals surface area contributed by atoms with Gasteiger partial charge in [-0.3, -0.25) is 11.3 Å². The molecule has 0 saturated carbocycles. The first-order valence-electron chi connectivity index (χ1n) is 7.63. The molecule has 0 aromatic heterocycles. The summed E-state index contributed by atoms with van der Waals surface area (Å²) in [6.07, 6.45) is 1.98. The molecule has 1 aromatic carbocycles. The van der Waals surface area contributed by atoms with E-state index in [-0.39, 0.29) is 17.6 Å². The van der Waals surface area contributed by atoms with Gasteiger partial charge in [0.1, 0.15) is 5.75 Å². The molecule has 4 heteroatoms. The van der Waals surface area contributed by atoms with Gasteiger partial charge in [-0.2, -0.15) is 0 Å². The number of aryl methyl sites for hydroxylation is 1. The van der Waals surface area contributed by atoms with Crippen molar-refractivity contribution in [3.63, 3.8) is 0 Å². The van der Waals surface area contributed by atoms with Gasteiger partial charge >= 0.3 is 0 Å². The maximum atomic E-state index is 5.92. The molecule has 120 valence electrons. The number of methoxy groups -OCH3 is 1. The van der Waals surface area contributed by atoms with Crippen LogP contribution in [-0.2, 0) is 11.2 Å². The first kappa shape index (κ1) is 18.0. The second-order valence-electron chi connectivity index (χ2n) is 6.40. The highest BCUT2D eigenvalue weighted by Gasteiger charge is 2.32. The molecule has 0 aliphatic carbocycles. The lowest BCUT2D eigenvalue weighted by molar-refractivity contribution is -0.0373. The molecule has 2 unspecified atom stereocenters. The lowest BCUT2D eigenvalue weighted by Crippen LogP contribution is -2.51. The van der Waals surface area contributed by atoms with Crippen molar-refractivity contribution in [3.05, 3.63) is 29.8 Å². The zero-order valence-corrected chi connectivity index (χ0v) is 14.0. The molecule has 0 aliphatic rings. The largest absolute Gasteiger partial charge is 0.497 e. The molecule has 21 heavy (non-hydrogen) atoms. The summed E-state index contributed by atoms with van der Waals surface area (Å²) in [6, 6.07) is 8.30. The van der Waals surface area contributed by atoms with Crippen LogP contribution in [0.1, 0.15) is 39.7 Å². The van der Waals surface area contributed by atoms with E-state index in [9.17, 15) is 0 Å². The second kappa shape index (κ2) is 8.37. The first-order valence-corrected chi connectivity index (χ1v) is 7.63. The highest BCUT2D eigenvalue weighted by atomic mass is 16.5. The van der Waals surface area contributed by atoms with Crippen molar-refractivity contribution >= 4 is 0 Å². The van der Waals surface area contributed by atoms with E-state index in [4.69, 9.17) is 15.3 Å². The van der Waals surface area contributed by atoms with E-state index in [0.717, 1.165) is 18.6 Å². The molecule has 0 spiro atoms. The van der Waals surface area contributed by atoms with Crippen LogP contribution in [0.15, 0.2) is 24.3 Å². The van der Waals surface area contributed by atoms with Crippen molar-refractivity contribution in [2.45, 2.75) is 52.7 Å². The molecule has 1 aromatic rings. The third-order valence-electron chi connectivity index (χ3n) is 3.68. The van der Waals surface area contributed by atoms with Gasteiger partial charge in [0.25, 0.3) is 0 Å². The van der Waals surface area contributed by atoms with Gasteiger partial charge in [-0.25, -0.2) is 0 Å². The van der Waals surface area contributed by atoms with Gasteiger partial charge in [-0.05, 0) is 42.9 Å². The smallest absolute Gasteiger partial charge is 0.118 e. The van der Waals surface area contributed by atoms with Crippen molar-refractivity contribution < 1.29 is 9.47 Å². The topological polar surface area (TPSA) is 56.5 Å². The molecule has 1 rings (SSSR count). The summed E-state index contributed by atoms with van der Waals surface area (Å²) >= 11 is 0. The third-order valence-corrected chi connectivity index (χ3v) is 3.68. The Kier molecular flexibility index (Phi) is 7.15. The molecule has 2 atom stereocenters. The van der Waals surface area contributed by atoms with Crippen LogP contribution in [0.4, 0.5) is 0 Å². The summed E-state index contributed by atoms with van der Waals surface area (Å²) < 4.78 is 11.1. The fourth-order valence-electron chi connectivity index (χ4n) is 2.59. The van der Waals surface area contributed by atoms with Crippen molar-refractivity contribution in [1.82, 2.24) is 5.43 Å². The number of nitrogens with two attached hydrogens (primary N) is 1. The number of ether oxygens (including phenoxy) is 2. The fourth-order valence-corrected chi connectivity index (χ4v) is 2.59. The standard InChI is InChI=1S/C17H30N2O2/c1-6-21-16(17(2,3)4)15(19-18)12-9-13-7-10-14(20-5)11-8-13/h7-8,10-11,15-16,19H,6,9,12,18H2,1-5H3. The van der Waals surface area contributed by atoms with Gasteiger partial charge in [0.15, 0.2) is 0 Å². The Morgan fingerprint density at radius 2 is 1.81 bits per heavy atom. The quantitative estimate of drug-likeness (QED) is 0.572. The number of rotatable bonds is 8. The summed E-state index contributed by atoms with van der Waals surface area (Å²) in [6.45, 7) is 9.28. The monoisotopic (exact) mass is 294 g/mol. The average molecular weight is 294 g/mol. The highest BCUT2D eigenvalue weighted by Crippen LogP contribution is 2.27. The molecule has 0 bridgehead atoms. The van der Waals surface area contributed by atoms with E-state index in [1.165, 1.54) is 5.56 Å². The molecular formula is C17H30N2O2. The second-order valence-corrected chi connectivity index (χ2v) is 6.40. The van der Waals surface area contributed by atoms with Crippen LogP contribution in [0.25, 0.3) is 0 Å². The highest BCUT2D eigenvalue weighted by molar-refractivity contribution is 5.27. The number of nitrogens with one attached hydrogen (secondary N) is 1. The van der Waals surface area contributed by atoms with E-state index >= 15 is 0 Å². The minimum atomic E-state index is 0.0486. The predicted molar refractivity (Wildman–Crippen MR) is 87.3 cm³/mol. The molecule has 0 aliphatic heterocycles. The van der Waals surface area contributed by atoms with Crippen LogP contribution in [-0.4, -0.2) is 25.9 Å². The normalized spacial score (nSPS) is 14.8. The molecule has 3 N–H and O–H groups in total. The SMILES string of the molecule is CCOC(C(CCc1ccc(OC)cc1)NN)C(C)(C)C. The van der Waals surface area contributed by atoms with E-state index < -0.39 is 0 Å².